The van der Waals surface area contributed by atoms with E-state index in [2.05, 4.69) is 22.1 Å². The first-order chi connectivity index (χ1) is 15.7. The molecule has 0 aromatic rings. The van der Waals surface area contributed by atoms with Crippen LogP contribution in [0.3, 0.4) is 0 Å². The van der Waals surface area contributed by atoms with E-state index in [0.29, 0.717) is 24.2 Å². The summed E-state index contributed by atoms with van der Waals surface area (Å²) < 4.78 is 42.2. The van der Waals surface area contributed by atoms with E-state index in [-0.39, 0.29) is 18.5 Å². The zero-order valence-electron chi connectivity index (χ0n) is 18.9. The molecule has 0 aliphatic heterocycles. The molecule has 6 aliphatic rings. The fourth-order valence-corrected chi connectivity index (χ4v) is 8.51. The molecule has 186 valence electrons. The van der Waals surface area contributed by atoms with Gasteiger partial charge >= 0.3 is 18.0 Å². The van der Waals surface area contributed by atoms with Gasteiger partial charge in [-0.1, -0.05) is 25.7 Å². The topological polar surface area (TPSA) is 71.1 Å². The zero-order chi connectivity index (χ0) is 23.3. The Bertz CT molecular complexity index is 762. The van der Waals surface area contributed by atoms with Crippen molar-refractivity contribution >= 4 is 24.8 Å². The molecule has 6 saturated carbocycles. The largest absolute Gasteiger partial charge is 0.483 e. The molecule has 0 aromatic carbocycles. The van der Waals surface area contributed by atoms with Crippen LogP contribution in [-0.4, -0.2) is 30.3 Å². The number of thiol groups is 1. The van der Waals surface area contributed by atoms with Crippen LogP contribution in [0.5, 0.6) is 0 Å². The van der Waals surface area contributed by atoms with E-state index in [1.54, 1.807) is 0 Å². The van der Waals surface area contributed by atoms with Gasteiger partial charge < -0.3 is 9.47 Å². The second-order valence-corrected chi connectivity index (χ2v) is 11.8. The van der Waals surface area contributed by atoms with Gasteiger partial charge in [0.2, 0.25) is 0 Å². The molecule has 0 aromatic heterocycles. The van der Waals surface area contributed by atoms with Crippen molar-refractivity contribution in [2.24, 2.45) is 35.0 Å². The standard InChI is InChI=1S/C24H34F2O6S/c25-24(26,31-32-33)21(28)29-14-22-9-15-7-16(10-22)12-23(11-15,13-22)30-20(27)19-6-5-17-3-1-2-4-18(17)8-19/h15-19,33H,1-14H2. The summed E-state index contributed by atoms with van der Waals surface area (Å²) in [4.78, 5) is 28.7. The van der Waals surface area contributed by atoms with Gasteiger partial charge in [0, 0.05) is 18.3 Å². The molecule has 33 heavy (non-hydrogen) atoms. The summed E-state index contributed by atoms with van der Waals surface area (Å²) >= 11 is 3.10. The summed E-state index contributed by atoms with van der Waals surface area (Å²) in [5.41, 5.74) is -0.983. The van der Waals surface area contributed by atoms with Crippen molar-refractivity contribution in [3.8, 4) is 0 Å². The average molecular weight is 489 g/mol. The van der Waals surface area contributed by atoms with Crippen LogP contribution in [0.15, 0.2) is 0 Å². The molecule has 6 fully saturated rings. The van der Waals surface area contributed by atoms with E-state index in [1.165, 1.54) is 25.7 Å². The smallest absolute Gasteiger partial charge is 0.459 e. The SMILES string of the molecule is O=C(OC12CC3CC(CC(COC(=O)C(F)(F)OOS)(C3)C1)C2)C1CCC2CCCCC2C1. The average Bonchev–Trinajstić information content (AvgIpc) is 2.76. The van der Waals surface area contributed by atoms with E-state index >= 15 is 0 Å². The van der Waals surface area contributed by atoms with Gasteiger partial charge in [-0.25, -0.2) is 4.79 Å². The molecule has 5 unspecified atom stereocenters. The van der Waals surface area contributed by atoms with Crippen LogP contribution in [0.1, 0.15) is 83.5 Å². The van der Waals surface area contributed by atoms with Gasteiger partial charge in [-0.3, -0.25) is 4.79 Å². The lowest BCUT2D eigenvalue weighted by molar-refractivity contribution is -0.370. The molecule has 6 nitrogen and oxygen atoms in total. The van der Waals surface area contributed by atoms with Crippen LogP contribution in [0.4, 0.5) is 8.78 Å². The van der Waals surface area contributed by atoms with E-state index in [9.17, 15) is 18.4 Å². The van der Waals surface area contributed by atoms with Crippen LogP contribution in [-0.2, 0) is 28.3 Å². The van der Waals surface area contributed by atoms with Gasteiger partial charge in [0.1, 0.15) is 5.60 Å². The summed E-state index contributed by atoms with van der Waals surface area (Å²) in [7, 11) is 0. The third-order valence-electron chi connectivity index (χ3n) is 9.21. The fourth-order valence-electron chi connectivity index (χ4n) is 8.42. The molecular formula is C24H34F2O6S. The minimum Gasteiger partial charge on any atom is -0.459 e. The number of halogens is 2. The van der Waals surface area contributed by atoms with E-state index in [1.807, 2.05) is 0 Å². The predicted octanol–water partition coefficient (Wildman–Crippen LogP) is 5.40. The normalized spacial score (nSPS) is 42.0. The first-order valence-electron chi connectivity index (χ1n) is 12.5. The highest BCUT2D eigenvalue weighted by molar-refractivity contribution is 7.74. The first kappa shape index (κ1) is 23.8. The third kappa shape index (κ3) is 4.79. The molecular weight excluding hydrogens is 454 g/mol. The number of esters is 2. The monoisotopic (exact) mass is 488 g/mol. The summed E-state index contributed by atoms with van der Waals surface area (Å²) in [6.07, 6.45) is 8.76. The predicted molar refractivity (Wildman–Crippen MR) is 116 cm³/mol. The number of ether oxygens (including phenoxy) is 2. The van der Waals surface area contributed by atoms with Crippen molar-refractivity contribution in [3.63, 3.8) is 0 Å². The maximum Gasteiger partial charge on any atom is 0.483 e. The highest BCUT2D eigenvalue weighted by Crippen LogP contribution is 2.63. The van der Waals surface area contributed by atoms with Gasteiger partial charge in [-0.05, 0) is 81.5 Å². The van der Waals surface area contributed by atoms with Crippen molar-refractivity contribution in [2.45, 2.75) is 95.2 Å². The number of rotatable bonds is 7. The van der Waals surface area contributed by atoms with Gasteiger partial charge in [-0.2, -0.15) is 13.1 Å². The van der Waals surface area contributed by atoms with Crippen molar-refractivity contribution in [1.29, 1.82) is 0 Å². The minimum absolute atomic E-state index is 0.0248. The van der Waals surface area contributed by atoms with Crippen molar-refractivity contribution in [2.75, 3.05) is 6.61 Å². The van der Waals surface area contributed by atoms with Crippen LogP contribution in [0, 0.1) is 35.0 Å². The Labute approximate surface area is 199 Å². The number of carbonyl (C=O) groups is 2. The Balaban J connectivity index is 1.23. The summed E-state index contributed by atoms with van der Waals surface area (Å²) in [6.45, 7) is -0.128. The maximum absolute atomic E-state index is 13.6. The summed E-state index contributed by atoms with van der Waals surface area (Å²) in [5.74, 6) is 0.270. The molecule has 0 amide bonds. The lowest BCUT2D eigenvalue weighted by Crippen LogP contribution is -2.59. The molecule has 0 spiro atoms. The van der Waals surface area contributed by atoms with Gasteiger partial charge in [0.15, 0.2) is 0 Å². The molecule has 6 aliphatic carbocycles. The van der Waals surface area contributed by atoms with Crippen LogP contribution >= 0.6 is 12.9 Å². The van der Waals surface area contributed by atoms with Crippen LogP contribution < -0.4 is 0 Å². The Kier molecular flexibility index (Phi) is 6.44. The number of hydrogen-bond donors (Lipinski definition) is 1. The van der Waals surface area contributed by atoms with Crippen molar-refractivity contribution in [3.05, 3.63) is 0 Å². The van der Waals surface area contributed by atoms with Gasteiger partial charge in [0.05, 0.1) is 12.5 Å². The first-order valence-corrected chi connectivity index (χ1v) is 12.9. The maximum atomic E-state index is 13.6. The number of carbonyl (C=O) groups excluding carboxylic acids is 2. The quantitative estimate of drug-likeness (QED) is 0.170. The molecule has 0 radical (unpaired) electrons. The second-order valence-electron chi connectivity index (χ2n) is 11.6. The Morgan fingerprint density at radius 3 is 2.33 bits per heavy atom. The Morgan fingerprint density at radius 2 is 1.64 bits per heavy atom. The van der Waals surface area contributed by atoms with Gasteiger partial charge in [-0.15, -0.1) is 4.89 Å². The molecule has 0 heterocycles. The molecule has 6 rings (SSSR count). The number of hydrogen-bond acceptors (Lipinski definition) is 7. The highest BCUT2D eigenvalue weighted by Gasteiger charge is 2.61. The highest BCUT2D eigenvalue weighted by atomic mass is 32.1. The molecule has 4 bridgehead atoms. The molecule has 0 saturated heterocycles. The number of fused-ring (bicyclic) bond motifs is 1. The lowest BCUT2D eigenvalue weighted by Gasteiger charge is -2.61. The Hall–Kier alpha value is -0.930. The lowest BCUT2D eigenvalue weighted by atomic mass is 9.48. The minimum atomic E-state index is -4.22. The van der Waals surface area contributed by atoms with Crippen LogP contribution in [0.2, 0.25) is 0 Å². The summed E-state index contributed by atoms with van der Waals surface area (Å²) in [5, 5.41) is 0. The van der Waals surface area contributed by atoms with Crippen molar-refractivity contribution in [1.82, 2.24) is 0 Å². The fraction of sp³-hybridized carbons (Fsp3) is 0.917. The Morgan fingerprint density at radius 1 is 0.939 bits per heavy atom. The van der Waals surface area contributed by atoms with E-state index in [0.717, 1.165) is 57.3 Å². The van der Waals surface area contributed by atoms with Crippen LogP contribution in [0.25, 0.3) is 0 Å². The molecule has 9 heteroatoms. The van der Waals surface area contributed by atoms with Gasteiger partial charge in [0.25, 0.3) is 0 Å². The zero-order valence-corrected chi connectivity index (χ0v) is 19.8. The van der Waals surface area contributed by atoms with Crippen molar-refractivity contribution < 1.29 is 37.1 Å². The second kappa shape index (κ2) is 8.94. The molecule has 0 N–H and O–H groups in total. The summed E-state index contributed by atoms with van der Waals surface area (Å²) in [6, 6.07) is 0. The van der Waals surface area contributed by atoms with E-state index < -0.39 is 23.1 Å². The van der Waals surface area contributed by atoms with E-state index in [4.69, 9.17) is 9.47 Å². The number of alkyl halides is 2. The molecule has 5 atom stereocenters. The third-order valence-corrected chi connectivity index (χ3v) is 9.28.